The van der Waals surface area contributed by atoms with Crippen molar-refractivity contribution < 1.29 is 57.5 Å². The molecule has 60 heavy (non-hydrogen) atoms. The van der Waals surface area contributed by atoms with Crippen LogP contribution >= 0.6 is 34.0 Å². The van der Waals surface area contributed by atoms with Crippen LogP contribution in [0.15, 0.2) is 73.6 Å². The predicted octanol–water partition coefficient (Wildman–Crippen LogP) is 8.12. The van der Waals surface area contributed by atoms with Gasteiger partial charge < -0.3 is 33.5 Å². The number of pyridine rings is 3. The summed E-state index contributed by atoms with van der Waals surface area (Å²) >= 11 is 3.48. The number of rotatable bonds is 7. The topological polar surface area (TPSA) is 200 Å². The summed E-state index contributed by atoms with van der Waals surface area (Å²) in [4.78, 5) is 72.3. The number of nitrogens with zero attached hydrogens (tertiary/aromatic N) is 3. The molecule has 9 rings (SSSR count). The van der Waals surface area contributed by atoms with Crippen molar-refractivity contribution in [3.05, 3.63) is 110 Å². The zero-order valence-electron chi connectivity index (χ0n) is 32.4. The first-order valence-electron chi connectivity index (χ1n) is 17.4. The van der Waals surface area contributed by atoms with Gasteiger partial charge in [0, 0.05) is 80.6 Å². The van der Waals surface area contributed by atoms with Crippen molar-refractivity contribution in [2.24, 2.45) is 0 Å². The number of ether oxygens (including phenoxy) is 6. The van der Waals surface area contributed by atoms with Crippen LogP contribution in [0, 0.1) is 0 Å². The number of carboxylic acids is 1. The molecular weight excluding hydrogens is 835 g/mol. The Morgan fingerprint density at radius 1 is 0.500 bits per heavy atom. The molecule has 15 nitrogen and oxygen atoms in total. The number of fused-ring (bicyclic) bond motifs is 6. The lowest BCUT2D eigenvalue weighted by Gasteiger charge is -2.12. The molecule has 0 atom stereocenters. The second kappa shape index (κ2) is 17.1. The predicted molar refractivity (Wildman–Crippen MR) is 226 cm³/mol. The summed E-state index contributed by atoms with van der Waals surface area (Å²) in [5.74, 6) is 0.227. The molecule has 0 spiro atoms. The monoisotopic (exact) mass is 865 g/mol. The summed E-state index contributed by atoms with van der Waals surface area (Å²) in [7, 11) is 8.96. The summed E-state index contributed by atoms with van der Waals surface area (Å²) < 4.78 is 33.0. The van der Waals surface area contributed by atoms with Gasteiger partial charge in [0.05, 0.1) is 62.5 Å². The van der Waals surface area contributed by atoms with Gasteiger partial charge in [0.1, 0.15) is 37.6 Å². The normalized spacial score (nSPS) is 11.5. The first kappa shape index (κ1) is 41.2. The van der Waals surface area contributed by atoms with Crippen LogP contribution in [0.2, 0.25) is 0 Å². The van der Waals surface area contributed by atoms with Crippen molar-refractivity contribution in [1.82, 2.24) is 15.0 Å². The van der Waals surface area contributed by atoms with Gasteiger partial charge in [-0.2, -0.15) is 0 Å². The molecule has 0 unspecified atom stereocenters. The molecule has 1 N–H and O–H groups in total. The Labute approximate surface area is 351 Å². The highest BCUT2D eigenvalue weighted by Gasteiger charge is 2.33. The van der Waals surface area contributed by atoms with E-state index < -0.39 is 11.9 Å². The van der Waals surface area contributed by atoms with E-state index in [1.807, 2.05) is 12.1 Å². The summed E-state index contributed by atoms with van der Waals surface area (Å²) in [5.41, 5.74) is 0.843. The van der Waals surface area contributed by atoms with Gasteiger partial charge in [-0.05, 0) is 36.4 Å². The van der Waals surface area contributed by atoms with E-state index in [0.717, 1.165) is 53.1 Å². The zero-order chi connectivity index (χ0) is 42.8. The molecule has 1 aliphatic rings. The molecule has 0 radical (unpaired) electrons. The lowest BCUT2D eigenvalue weighted by Crippen LogP contribution is -2.18. The van der Waals surface area contributed by atoms with E-state index >= 15 is 0 Å². The number of carbonyl (C=O) groups excluding carboxylic acids is 4. The fourth-order valence-electron chi connectivity index (χ4n) is 6.66. The second-order valence-corrected chi connectivity index (χ2v) is 15.6. The first-order chi connectivity index (χ1) is 29.0. The van der Waals surface area contributed by atoms with Crippen LogP contribution in [-0.2, 0) is 9.47 Å². The number of aromatic nitrogens is 3. The Hall–Kier alpha value is -7.02. The molecule has 6 heterocycles. The van der Waals surface area contributed by atoms with Crippen molar-refractivity contribution in [1.29, 1.82) is 0 Å². The Balaban J connectivity index is 0.000000136. The quantitative estimate of drug-likeness (QED) is 0.151. The third kappa shape index (κ3) is 7.09. The minimum atomic E-state index is -0.961. The minimum absolute atomic E-state index is 0.245. The molecule has 0 saturated carbocycles. The number of thiophene rings is 3. The maximum absolute atomic E-state index is 12.3. The van der Waals surface area contributed by atoms with E-state index in [4.69, 9.17) is 28.8 Å². The highest BCUT2D eigenvalue weighted by atomic mass is 32.1. The lowest BCUT2D eigenvalue weighted by atomic mass is 9.90. The summed E-state index contributed by atoms with van der Waals surface area (Å²) in [5, 5.41) is 14.1. The number of methoxy groups -OCH3 is 6. The highest BCUT2D eigenvalue weighted by Crippen LogP contribution is 2.47. The summed E-state index contributed by atoms with van der Waals surface area (Å²) in [6, 6.07) is 9.98. The van der Waals surface area contributed by atoms with Gasteiger partial charge in [0.15, 0.2) is 5.78 Å². The van der Waals surface area contributed by atoms with E-state index in [-0.39, 0.29) is 43.3 Å². The van der Waals surface area contributed by atoms with E-state index in [0.29, 0.717) is 33.4 Å². The molecule has 304 valence electrons. The molecule has 0 fully saturated rings. The molecule has 18 heteroatoms. The Bertz CT molecular complexity index is 2870. The van der Waals surface area contributed by atoms with Gasteiger partial charge in [-0.15, -0.1) is 34.0 Å². The number of esters is 2. The smallest absolute Gasteiger partial charge is 0.348 e. The molecule has 8 aromatic rings. The van der Waals surface area contributed by atoms with Crippen molar-refractivity contribution >= 4 is 105 Å². The Morgan fingerprint density at radius 3 is 1.47 bits per heavy atom. The lowest BCUT2D eigenvalue weighted by molar-refractivity contribution is 0.0597. The van der Waals surface area contributed by atoms with Crippen LogP contribution < -0.4 is 18.9 Å². The molecule has 6 aromatic heterocycles. The van der Waals surface area contributed by atoms with E-state index in [1.54, 1.807) is 65.4 Å². The number of hydrogen-bond acceptors (Lipinski definition) is 17. The van der Waals surface area contributed by atoms with Crippen LogP contribution in [0.25, 0.3) is 41.7 Å². The fraction of sp³-hybridized carbons (Fsp3) is 0.143. The van der Waals surface area contributed by atoms with E-state index in [9.17, 15) is 24.0 Å². The summed E-state index contributed by atoms with van der Waals surface area (Å²) in [6.07, 6.45) is 9.62. The fourth-order valence-corrected chi connectivity index (χ4v) is 9.83. The molecule has 0 amide bonds. The van der Waals surface area contributed by atoms with Crippen molar-refractivity contribution in [2.75, 3.05) is 42.7 Å². The van der Waals surface area contributed by atoms with Crippen molar-refractivity contribution in [3.8, 4) is 23.0 Å². The highest BCUT2D eigenvalue weighted by molar-refractivity contribution is 7.21. The standard InChI is InChI=1S/C15H13NO4S.C14H11NO4S.C13H7NO4S/c1-18-12-9-6-11(15(17)20-3)21-14(9)13(19-2)8-4-5-16-7-10(8)12;1-18-11-8-5-10(14(16)17)20-13(8)12(19-2)7-3-4-15-6-9(7)11;1-18-13(17)9-4-7-10(15)8-5-14-3-2-6(8)11(16)12(7)19-9/h4-7H,1-3H3;3-6H,1-2H3,(H,16,17);2-5H,1H3. The minimum Gasteiger partial charge on any atom is -0.495 e. The van der Waals surface area contributed by atoms with Gasteiger partial charge >= 0.3 is 17.9 Å². The van der Waals surface area contributed by atoms with Crippen molar-refractivity contribution in [3.63, 3.8) is 0 Å². The largest absolute Gasteiger partial charge is 0.495 e. The molecule has 2 aromatic carbocycles. The molecular formula is C42H31N3O12S3. The molecule has 1 aliphatic carbocycles. The van der Waals surface area contributed by atoms with E-state index in [2.05, 4.69) is 19.7 Å². The molecule has 0 saturated heterocycles. The molecule has 0 aliphatic heterocycles. The van der Waals surface area contributed by atoms with Gasteiger partial charge in [0.2, 0.25) is 5.78 Å². The summed E-state index contributed by atoms with van der Waals surface area (Å²) in [6.45, 7) is 0. The Kier molecular flexibility index (Phi) is 11.7. The van der Waals surface area contributed by atoms with Crippen LogP contribution in [0.1, 0.15) is 60.2 Å². The average molecular weight is 866 g/mol. The molecule has 0 bridgehead atoms. The number of carboxylic acid groups (broad SMARTS) is 1. The van der Waals surface area contributed by atoms with Crippen LogP contribution in [0.5, 0.6) is 23.0 Å². The van der Waals surface area contributed by atoms with Gasteiger partial charge in [-0.25, -0.2) is 14.4 Å². The van der Waals surface area contributed by atoms with Gasteiger partial charge in [-0.3, -0.25) is 24.5 Å². The maximum Gasteiger partial charge on any atom is 0.348 e. The van der Waals surface area contributed by atoms with Crippen LogP contribution in [-0.4, -0.2) is 92.2 Å². The van der Waals surface area contributed by atoms with Gasteiger partial charge in [-0.1, -0.05) is 0 Å². The number of benzene rings is 2. The number of hydrogen-bond donors (Lipinski definition) is 1. The zero-order valence-corrected chi connectivity index (χ0v) is 34.9. The Morgan fingerprint density at radius 2 is 0.967 bits per heavy atom. The van der Waals surface area contributed by atoms with E-state index in [1.165, 1.54) is 61.4 Å². The SMILES string of the molecule is COC(=O)c1cc2c(OC)c3cnccc3c(OC)c2s1.COC(=O)c1cc2c(s1)C(=O)c1ccncc1C2=O.COc1c2cnccc2c(OC)c2sc(C(=O)O)cc12. The van der Waals surface area contributed by atoms with Gasteiger partial charge in [0.25, 0.3) is 0 Å². The second-order valence-electron chi connectivity index (χ2n) is 12.4. The number of carbonyl (C=O) groups is 5. The first-order valence-corrected chi connectivity index (χ1v) is 19.9. The third-order valence-corrected chi connectivity index (χ3v) is 12.6. The van der Waals surface area contributed by atoms with Crippen LogP contribution in [0.4, 0.5) is 0 Å². The van der Waals surface area contributed by atoms with Crippen molar-refractivity contribution in [2.45, 2.75) is 0 Å². The van der Waals surface area contributed by atoms with Crippen LogP contribution in [0.3, 0.4) is 0 Å². The third-order valence-electron chi connectivity index (χ3n) is 9.28. The number of ketones is 2. The maximum atomic E-state index is 12.3. The average Bonchev–Trinajstić information content (AvgIpc) is 4.05. The number of aromatic carboxylic acids is 1.